The monoisotopic (exact) mass is 578 g/mol. The molecule has 2 aliphatic rings. The summed E-state index contributed by atoms with van der Waals surface area (Å²) in [5.41, 5.74) is 1.82. The highest BCUT2D eigenvalue weighted by atomic mass is 16.6. The van der Waals surface area contributed by atoms with Gasteiger partial charge in [0.1, 0.15) is 18.2 Å². The second kappa shape index (κ2) is 14.7. The first kappa shape index (κ1) is 31.5. The second-order valence-corrected chi connectivity index (χ2v) is 12.7. The maximum absolute atomic E-state index is 13.5. The van der Waals surface area contributed by atoms with Crippen molar-refractivity contribution in [2.45, 2.75) is 96.6 Å². The lowest BCUT2D eigenvalue weighted by Crippen LogP contribution is -2.55. The molecule has 0 heterocycles. The number of carbonyl (C=O) groups excluding carboxylic acids is 3. The lowest BCUT2D eigenvalue weighted by atomic mass is 9.78. The number of hydrogen-bond donors (Lipinski definition) is 1. The van der Waals surface area contributed by atoms with E-state index in [1.807, 2.05) is 75.2 Å². The number of likely N-dealkylation sites (N-methyl/N-ethyl adjacent to an activating group) is 1. The summed E-state index contributed by atoms with van der Waals surface area (Å²) in [6, 6.07) is 16.5. The van der Waals surface area contributed by atoms with Crippen LogP contribution >= 0.6 is 0 Å². The van der Waals surface area contributed by atoms with Crippen LogP contribution in [-0.2, 0) is 32.2 Å². The van der Waals surface area contributed by atoms with Crippen LogP contribution in [0.5, 0.6) is 0 Å². The average molecular weight is 579 g/mol. The molecule has 2 fully saturated rings. The Morgan fingerprint density at radius 2 is 1.50 bits per heavy atom. The molecule has 0 aliphatic heterocycles. The maximum Gasteiger partial charge on any atom is 0.408 e. The minimum absolute atomic E-state index is 0.0187. The average Bonchev–Trinajstić information content (AvgIpc) is 2.94. The lowest BCUT2D eigenvalue weighted by molar-refractivity contribution is -0.137. The van der Waals surface area contributed by atoms with Crippen molar-refractivity contribution in [2.24, 2.45) is 11.8 Å². The van der Waals surface area contributed by atoms with Crippen molar-refractivity contribution in [3.8, 4) is 0 Å². The molecule has 0 aromatic heterocycles. The minimum atomic E-state index is -0.630. The molecule has 2 aliphatic carbocycles. The van der Waals surface area contributed by atoms with E-state index < -0.39 is 17.7 Å². The largest absolute Gasteiger partial charge is 0.457 e. The molecule has 0 unspecified atom stereocenters. The summed E-state index contributed by atoms with van der Waals surface area (Å²) in [5, 5.41) is 2.92. The highest BCUT2D eigenvalue weighted by Crippen LogP contribution is 2.33. The van der Waals surface area contributed by atoms with E-state index in [9.17, 15) is 14.4 Å². The van der Waals surface area contributed by atoms with E-state index in [1.54, 1.807) is 12.1 Å². The third-order valence-corrected chi connectivity index (χ3v) is 8.37. The van der Waals surface area contributed by atoms with E-state index in [2.05, 4.69) is 5.32 Å². The maximum atomic E-state index is 13.5. The summed E-state index contributed by atoms with van der Waals surface area (Å²) in [4.78, 5) is 40.4. The predicted octanol–water partition coefficient (Wildman–Crippen LogP) is 6.27. The lowest BCUT2D eigenvalue weighted by Gasteiger charge is -2.40. The molecule has 0 bridgehead atoms. The van der Waals surface area contributed by atoms with Crippen molar-refractivity contribution in [3.05, 3.63) is 71.3 Å². The van der Waals surface area contributed by atoms with E-state index >= 15 is 0 Å². The van der Waals surface area contributed by atoms with Crippen LogP contribution in [0.4, 0.5) is 4.79 Å². The van der Waals surface area contributed by atoms with Crippen molar-refractivity contribution in [1.82, 2.24) is 10.2 Å². The highest BCUT2D eigenvalue weighted by molar-refractivity contribution is 5.89. The number of esters is 1. The first-order chi connectivity index (χ1) is 20.1. The summed E-state index contributed by atoms with van der Waals surface area (Å²) < 4.78 is 17.2. The van der Waals surface area contributed by atoms with Crippen LogP contribution in [0, 0.1) is 11.8 Å². The van der Waals surface area contributed by atoms with E-state index in [0.717, 1.165) is 56.1 Å². The van der Waals surface area contributed by atoms with E-state index in [-0.39, 0.29) is 30.4 Å². The normalized spacial score (nSPS) is 19.7. The Morgan fingerprint density at radius 3 is 2.10 bits per heavy atom. The molecular formula is C34H46N2O6. The molecule has 1 atom stereocenters. The Kier molecular flexibility index (Phi) is 11.0. The van der Waals surface area contributed by atoms with Gasteiger partial charge in [0.05, 0.1) is 12.2 Å². The fraction of sp³-hybridized carbons (Fsp3) is 0.559. The molecule has 8 heteroatoms. The van der Waals surface area contributed by atoms with Crippen LogP contribution in [-0.4, -0.2) is 54.2 Å². The molecule has 8 nitrogen and oxygen atoms in total. The third kappa shape index (κ3) is 9.05. The van der Waals surface area contributed by atoms with Crippen molar-refractivity contribution in [2.75, 3.05) is 13.7 Å². The van der Waals surface area contributed by atoms with Crippen molar-refractivity contribution in [1.29, 1.82) is 0 Å². The molecule has 4 rings (SSSR count). The molecule has 0 spiro atoms. The SMILES string of the molecule is CN(C(=O)[C@@H](NC(=O)OC(C)(C)C)C1CCC(COCc2ccccc2COC(=O)c2ccccc2)CC1)C1CCC1. The van der Waals surface area contributed by atoms with Gasteiger partial charge in [-0.05, 0) is 101 Å². The zero-order valence-corrected chi connectivity index (χ0v) is 25.5. The van der Waals surface area contributed by atoms with Crippen LogP contribution < -0.4 is 5.32 Å². The first-order valence-corrected chi connectivity index (χ1v) is 15.2. The number of benzene rings is 2. The fourth-order valence-corrected chi connectivity index (χ4v) is 5.65. The van der Waals surface area contributed by atoms with Gasteiger partial charge in [-0.15, -0.1) is 0 Å². The molecule has 0 radical (unpaired) electrons. The zero-order chi connectivity index (χ0) is 30.1. The number of rotatable bonds is 11. The Balaban J connectivity index is 1.27. The highest BCUT2D eigenvalue weighted by Gasteiger charge is 2.38. The number of ether oxygens (including phenoxy) is 3. The fourth-order valence-electron chi connectivity index (χ4n) is 5.65. The van der Waals surface area contributed by atoms with Gasteiger partial charge >= 0.3 is 12.1 Å². The van der Waals surface area contributed by atoms with Gasteiger partial charge < -0.3 is 24.4 Å². The van der Waals surface area contributed by atoms with Crippen LogP contribution in [0.2, 0.25) is 0 Å². The number of alkyl carbamates (subject to hydrolysis) is 1. The second-order valence-electron chi connectivity index (χ2n) is 12.7. The summed E-state index contributed by atoms with van der Waals surface area (Å²) in [5.74, 6) is 0.0736. The minimum Gasteiger partial charge on any atom is -0.457 e. The standard InChI is InChI=1S/C34H46N2O6/c1-34(2,3)42-33(39)35-30(31(37)36(4)29-15-10-16-29)25-19-17-24(18-20-25)21-40-22-27-13-8-9-14-28(27)23-41-32(38)26-11-6-5-7-12-26/h5-9,11-14,24-25,29-30H,10,15-23H2,1-4H3,(H,35,39)/t24?,25?,30-/m0/s1. The van der Waals surface area contributed by atoms with E-state index in [0.29, 0.717) is 24.7 Å². The Morgan fingerprint density at radius 1 is 0.881 bits per heavy atom. The number of carbonyl (C=O) groups is 3. The Labute approximate surface area is 250 Å². The van der Waals surface area contributed by atoms with Crippen LogP contribution in [0.1, 0.15) is 87.2 Å². The van der Waals surface area contributed by atoms with Gasteiger partial charge in [0.15, 0.2) is 0 Å². The zero-order valence-electron chi connectivity index (χ0n) is 25.5. The van der Waals surface area contributed by atoms with Gasteiger partial charge in [0, 0.05) is 19.7 Å². The number of hydrogen-bond acceptors (Lipinski definition) is 6. The molecular weight excluding hydrogens is 532 g/mol. The topological polar surface area (TPSA) is 94.2 Å². The number of nitrogens with one attached hydrogen (secondary N) is 1. The van der Waals surface area contributed by atoms with Crippen molar-refractivity contribution >= 4 is 18.0 Å². The van der Waals surface area contributed by atoms with Gasteiger partial charge in [-0.25, -0.2) is 9.59 Å². The number of amides is 2. The Hall–Kier alpha value is -3.39. The number of nitrogens with zero attached hydrogens (tertiary/aromatic N) is 1. The Bertz CT molecular complexity index is 1180. The van der Waals surface area contributed by atoms with E-state index in [4.69, 9.17) is 14.2 Å². The predicted molar refractivity (Wildman–Crippen MR) is 161 cm³/mol. The van der Waals surface area contributed by atoms with E-state index in [1.165, 1.54) is 0 Å². The molecule has 0 saturated heterocycles. The van der Waals surface area contributed by atoms with Crippen LogP contribution in [0.25, 0.3) is 0 Å². The van der Waals surface area contributed by atoms with Gasteiger partial charge in [-0.3, -0.25) is 4.79 Å². The molecule has 42 heavy (non-hydrogen) atoms. The van der Waals surface area contributed by atoms with Gasteiger partial charge in [0.2, 0.25) is 5.91 Å². The van der Waals surface area contributed by atoms with Crippen molar-refractivity contribution in [3.63, 3.8) is 0 Å². The smallest absolute Gasteiger partial charge is 0.408 e. The summed E-state index contributed by atoms with van der Waals surface area (Å²) in [6.45, 7) is 6.71. The molecule has 2 saturated carbocycles. The van der Waals surface area contributed by atoms with Crippen molar-refractivity contribution < 1.29 is 28.6 Å². The van der Waals surface area contributed by atoms with Crippen LogP contribution in [0.15, 0.2) is 54.6 Å². The molecule has 228 valence electrons. The summed E-state index contributed by atoms with van der Waals surface area (Å²) >= 11 is 0. The first-order valence-electron chi connectivity index (χ1n) is 15.2. The molecule has 2 aromatic rings. The third-order valence-electron chi connectivity index (χ3n) is 8.37. The van der Waals surface area contributed by atoms with Gasteiger partial charge in [-0.1, -0.05) is 42.5 Å². The molecule has 2 aromatic carbocycles. The molecule has 1 N–H and O–H groups in total. The van der Waals surface area contributed by atoms with Crippen LogP contribution in [0.3, 0.4) is 0 Å². The molecule has 2 amide bonds. The van der Waals surface area contributed by atoms with Gasteiger partial charge in [0.25, 0.3) is 0 Å². The quantitative estimate of drug-likeness (QED) is 0.316. The summed E-state index contributed by atoms with van der Waals surface area (Å²) in [7, 11) is 1.86. The summed E-state index contributed by atoms with van der Waals surface area (Å²) in [6.07, 6.45) is 6.16. The van der Waals surface area contributed by atoms with Gasteiger partial charge in [-0.2, -0.15) is 0 Å².